The van der Waals surface area contributed by atoms with Crippen molar-refractivity contribution in [2.24, 2.45) is 0 Å². The molecule has 4 amide bonds. The summed E-state index contributed by atoms with van der Waals surface area (Å²) in [4.78, 5) is 137. The topological polar surface area (TPSA) is 475 Å². The van der Waals surface area contributed by atoms with Gasteiger partial charge in [0.1, 0.15) is 59.0 Å². The highest BCUT2D eigenvalue weighted by atomic mass is 31.2. The van der Waals surface area contributed by atoms with Gasteiger partial charge in [0.2, 0.25) is 23.6 Å². The summed E-state index contributed by atoms with van der Waals surface area (Å²) in [5.41, 5.74) is 5.16. The zero-order valence-corrected chi connectivity index (χ0v) is 61.3. The van der Waals surface area contributed by atoms with E-state index in [9.17, 15) is 62.4 Å². The van der Waals surface area contributed by atoms with Crippen molar-refractivity contribution in [2.75, 3.05) is 105 Å². The van der Waals surface area contributed by atoms with Crippen LogP contribution < -0.4 is 21.7 Å². The lowest BCUT2D eigenvalue weighted by molar-refractivity contribution is -0.133. The van der Waals surface area contributed by atoms with Crippen molar-refractivity contribution in [3.05, 3.63) is 12.7 Å². The summed E-state index contributed by atoms with van der Waals surface area (Å²) in [7, 11) is -8.51. The SMILES string of the molecule is COP(=O)(O)OC[C@H]1O[C@@H](n2cnc3c(N)ncnc32)CC1OP(=O)(O)OC[C@@H]1C[C@@H](O)CN1C(=O)CCCCCCCCC(=O)NC(COCCC(=O)CCCCCC(=O)CCCCO)(COCCC(=O)CCCCNC(=O)CCCCO)COCCC(=O)NCCCCC(=O)CCCCO. The van der Waals surface area contributed by atoms with E-state index < -0.39 is 65.0 Å². The Morgan fingerprint density at radius 3 is 1.59 bits per heavy atom. The molecule has 582 valence electrons. The summed E-state index contributed by atoms with van der Waals surface area (Å²) in [6, 6.07) is -0.782. The van der Waals surface area contributed by atoms with Gasteiger partial charge in [-0.1, -0.05) is 32.1 Å². The number of ketones is 4. The average Bonchev–Trinajstić information content (AvgIpc) is 1.63. The van der Waals surface area contributed by atoms with E-state index in [-0.39, 0.29) is 181 Å². The van der Waals surface area contributed by atoms with E-state index in [1.165, 1.54) is 22.1 Å². The van der Waals surface area contributed by atoms with Gasteiger partial charge >= 0.3 is 15.6 Å². The highest BCUT2D eigenvalue weighted by Crippen LogP contribution is 2.50. The summed E-state index contributed by atoms with van der Waals surface area (Å²) in [5.74, 6) is -0.810. The highest BCUT2D eigenvalue weighted by molar-refractivity contribution is 7.47. The van der Waals surface area contributed by atoms with E-state index in [1.54, 1.807) is 0 Å². The van der Waals surface area contributed by atoms with E-state index in [0.717, 1.165) is 20.0 Å². The molecular formula is C67H115N9O24P2. The number of anilines is 1. The largest absolute Gasteiger partial charge is 0.472 e. The van der Waals surface area contributed by atoms with Crippen molar-refractivity contribution in [1.82, 2.24) is 40.4 Å². The number of hydrogen-bond donors (Lipinski definition) is 10. The molecule has 2 aromatic rings. The lowest BCUT2D eigenvalue weighted by Crippen LogP contribution is -2.58. The number of aliphatic hydroxyl groups is 4. The van der Waals surface area contributed by atoms with Crippen molar-refractivity contribution >= 4 is 79.4 Å². The molecule has 2 aliphatic rings. The molecule has 0 aromatic carbocycles. The van der Waals surface area contributed by atoms with Crippen molar-refractivity contribution < 1.29 is 115 Å². The number of phosphoric acid groups is 2. The van der Waals surface area contributed by atoms with E-state index in [4.69, 9.17) is 53.6 Å². The number of aromatic nitrogens is 4. The van der Waals surface area contributed by atoms with Crippen LogP contribution >= 0.6 is 15.6 Å². The van der Waals surface area contributed by atoms with Gasteiger partial charge in [0, 0.05) is 130 Å². The van der Waals surface area contributed by atoms with Crippen LogP contribution in [0, 0.1) is 0 Å². The molecule has 11 N–H and O–H groups in total. The molecule has 4 heterocycles. The molecule has 2 saturated heterocycles. The highest BCUT2D eigenvalue weighted by Gasteiger charge is 2.45. The van der Waals surface area contributed by atoms with Gasteiger partial charge in [-0.3, -0.25) is 61.0 Å². The van der Waals surface area contributed by atoms with Crippen LogP contribution in [-0.4, -0.2) is 231 Å². The van der Waals surface area contributed by atoms with Gasteiger partial charge in [-0.15, -0.1) is 0 Å². The molecule has 4 rings (SSSR count). The minimum Gasteiger partial charge on any atom is -0.396 e. The fraction of sp³-hybridized carbons (Fsp3) is 0.806. The number of hydrogen-bond acceptors (Lipinski definition) is 26. The number of unbranched alkanes of at least 4 members (excludes halogenated alkanes) is 12. The Labute approximate surface area is 598 Å². The van der Waals surface area contributed by atoms with Crippen LogP contribution in [0.3, 0.4) is 0 Å². The fourth-order valence-corrected chi connectivity index (χ4v) is 13.1. The number of aliphatic hydroxyl groups excluding tert-OH is 4. The maximum Gasteiger partial charge on any atom is 0.472 e. The van der Waals surface area contributed by atoms with Gasteiger partial charge in [-0.05, 0) is 96.3 Å². The molecule has 35 heteroatoms. The number of imidazole rings is 1. The Kier molecular flexibility index (Phi) is 44.7. The molecule has 33 nitrogen and oxygen atoms in total. The van der Waals surface area contributed by atoms with Gasteiger partial charge in [0.15, 0.2) is 11.5 Å². The van der Waals surface area contributed by atoms with Gasteiger partial charge in [-0.25, -0.2) is 24.1 Å². The van der Waals surface area contributed by atoms with Gasteiger partial charge in [-0.2, -0.15) is 0 Å². The summed E-state index contributed by atoms with van der Waals surface area (Å²) in [5, 5.41) is 46.3. The molecule has 0 spiro atoms. The summed E-state index contributed by atoms with van der Waals surface area (Å²) >= 11 is 0. The predicted octanol–water partition coefficient (Wildman–Crippen LogP) is 5.41. The molecule has 102 heavy (non-hydrogen) atoms. The number of Topliss-reactive ketones (excluding diaryl/α,β-unsaturated/α-hetero) is 4. The number of nitrogens with one attached hydrogen (secondary N) is 3. The first-order valence-corrected chi connectivity index (χ1v) is 39.2. The number of β-amino-alcohol motifs (C(OH)–C–C–N with tert-alkyl or cyclic N) is 1. The second kappa shape index (κ2) is 51.1. The quantitative estimate of drug-likeness (QED) is 0.0292. The fourth-order valence-electron chi connectivity index (χ4n) is 11.6. The molecule has 2 aromatic heterocycles. The molecule has 4 unspecified atom stereocenters. The number of likely N-dealkylation sites (tertiary alicyclic amines) is 1. The summed E-state index contributed by atoms with van der Waals surface area (Å²) in [6.45, 7) is -0.756. The van der Waals surface area contributed by atoms with E-state index in [2.05, 4.69) is 35.4 Å². The maximum atomic E-state index is 14.0. The lowest BCUT2D eigenvalue weighted by Gasteiger charge is -2.34. The lowest BCUT2D eigenvalue weighted by atomic mass is 10.0. The summed E-state index contributed by atoms with van der Waals surface area (Å²) < 4.78 is 72.2. The number of nitrogen functional groups attached to an aromatic ring is 1. The third-order valence-corrected chi connectivity index (χ3v) is 19.3. The number of amides is 4. The monoisotopic (exact) mass is 1490 g/mol. The van der Waals surface area contributed by atoms with Crippen LogP contribution in [0.15, 0.2) is 12.7 Å². The number of fused-ring (bicyclic) bond motifs is 1. The van der Waals surface area contributed by atoms with Crippen LogP contribution in [0.1, 0.15) is 218 Å². The molecule has 0 saturated carbocycles. The van der Waals surface area contributed by atoms with Crippen molar-refractivity contribution in [2.45, 2.75) is 248 Å². The zero-order chi connectivity index (χ0) is 74.4. The van der Waals surface area contributed by atoms with Gasteiger partial charge in [0.05, 0.1) is 71.3 Å². The Hall–Kier alpha value is -5.19. The Balaban J connectivity index is 1.31. The Bertz CT molecular complexity index is 2790. The van der Waals surface area contributed by atoms with Crippen molar-refractivity contribution in [3.8, 4) is 0 Å². The third kappa shape index (κ3) is 37.7. The molecular weight excluding hydrogens is 1380 g/mol. The van der Waals surface area contributed by atoms with Crippen LogP contribution in [0.5, 0.6) is 0 Å². The van der Waals surface area contributed by atoms with Crippen LogP contribution in [-0.2, 0) is 84.5 Å². The minimum atomic E-state index is -4.95. The number of ether oxygens (including phenoxy) is 4. The predicted molar refractivity (Wildman–Crippen MR) is 372 cm³/mol. The first-order valence-electron chi connectivity index (χ1n) is 36.2. The summed E-state index contributed by atoms with van der Waals surface area (Å²) in [6.07, 6.45) is 12.6. The smallest absolute Gasteiger partial charge is 0.396 e. The number of nitrogens with two attached hydrogens (primary N) is 1. The molecule has 2 aliphatic heterocycles. The standard InChI is InChI=1S/C67H115N9O24P2/c1-93-101(89,90)98-45-58-57(42-63(99-58)76-50-73-64-65(68)71-49-72-66(64)76)100-102(91,92)97-44-51-41-56(84)43-75(51)62(88)29-10-5-3-2-4-9-28-61(87)74-67(46-94-38-30-54(82)22-8-6-7-21-52(80)25-13-18-35-77,47-95-39-31-55(83)24-12-17-33-69-59(85)27-15-20-37-79)48-96-40-32-60(86)70-34-16-11-23-53(81)26-14-19-36-78/h49-51,56-58,63,77-79,84H,2-48H2,1H3,(H,69,85)(H,70,86)(H,74,87)(H,89,90)(H,91,92)(H2,68,71,72)/t51-,56+,57?,58+,63+,67?/m0/s1. The van der Waals surface area contributed by atoms with E-state index >= 15 is 0 Å². The Morgan fingerprint density at radius 2 is 1.03 bits per heavy atom. The second-order valence-corrected chi connectivity index (χ2v) is 29.1. The first-order chi connectivity index (χ1) is 49.0. The van der Waals surface area contributed by atoms with Gasteiger partial charge in [0.25, 0.3) is 0 Å². The van der Waals surface area contributed by atoms with Crippen molar-refractivity contribution in [3.63, 3.8) is 0 Å². The molecule has 0 aliphatic carbocycles. The molecule has 8 atom stereocenters. The number of carbonyl (C=O) groups excluding carboxylic acids is 8. The third-order valence-electron chi connectivity index (χ3n) is 17.4. The number of carbonyl (C=O) groups is 8. The first kappa shape index (κ1) is 89.2. The molecule has 0 bridgehead atoms. The number of rotatable bonds is 63. The zero-order valence-electron chi connectivity index (χ0n) is 59.5. The van der Waals surface area contributed by atoms with Gasteiger partial charge < -0.3 is 75.7 Å². The molecule has 2 fully saturated rings. The number of nitrogens with zero attached hydrogens (tertiary/aromatic N) is 5. The molecule has 0 radical (unpaired) electrons. The van der Waals surface area contributed by atoms with E-state index in [1.807, 2.05) is 0 Å². The van der Waals surface area contributed by atoms with Crippen molar-refractivity contribution in [1.29, 1.82) is 0 Å². The van der Waals surface area contributed by atoms with E-state index in [0.29, 0.717) is 161 Å². The van der Waals surface area contributed by atoms with Crippen LogP contribution in [0.4, 0.5) is 5.82 Å². The van der Waals surface area contributed by atoms with Crippen LogP contribution in [0.25, 0.3) is 11.2 Å². The maximum absolute atomic E-state index is 14.0. The Morgan fingerprint density at radius 1 is 0.569 bits per heavy atom. The normalized spacial score (nSPS) is 18.6. The second-order valence-electron chi connectivity index (χ2n) is 26.1. The average molecular weight is 1490 g/mol. The number of phosphoric ester groups is 2. The minimum absolute atomic E-state index is 0.00144. The van der Waals surface area contributed by atoms with Crippen LogP contribution in [0.2, 0.25) is 0 Å².